The molecule has 23 heavy (non-hydrogen) atoms. The van der Waals surface area contributed by atoms with Gasteiger partial charge in [0.15, 0.2) is 0 Å². The first-order valence-electron chi connectivity index (χ1n) is 7.53. The predicted octanol–water partition coefficient (Wildman–Crippen LogP) is 4.30. The van der Waals surface area contributed by atoms with Gasteiger partial charge < -0.3 is 9.80 Å². The maximum atomic E-state index is 6.44. The molecule has 0 atom stereocenters. The number of anilines is 2. The third-order valence-electron chi connectivity index (χ3n) is 4.18. The first kappa shape index (κ1) is 16.3. The minimum Gasteiger partial charge on any atom is -0.377 e. The number of fused-ring (bicyclic) bond motifs is 2. The Morgan fingerprint density at radius 2 is 1.17 bits per heavy atom. The molecule has 0 heterocycles. The lowest BCUT2D eigenvalue weighted by Gasteiger charge is -2.23. The van der Waals surface area contributed by atoms with Gasteiger partial charge in [0, 0.05) is 50.3 Å². The van der Waals surface area contributed by atoms with E-state index in [1.807, 2.05) is 28.2 Å². The lowest BCUT2D eigenvalue weighted by molar-refractivity contribution is 1.14. The summed E-state index contributed by atoms with van der Waals surface area (Å²) in [6, 6.07) is 14.8. The molecule has 3 aromatic carbocycles. The van der Waals surface area contributed by atoms with Gasteiger partial charge >= 0.3 is 5.54 Å². The Kier molecular flexibility index (Phi) is 4.35. The summed E-state index contributed by atoms with van der Waals surface area (Å²) in [5, 5.41) is 4.55. The van der Waals surface area contributed by atoms with E-state index in [-0.39, 0.29) is 0 Å². The average molecular weight is 345 g/mol. The first-order chi connectivity index (χ1) is 10.9. The Hall–Kier alpha value is -1.58. The Bertz CT molecular complexity index is 810. The highest BCUT2D eigenvalue weighted by Crippen LogP contribution is 2.33. The molecule has 0 radical (unpaired) electrons. The zero-order valence-corrected chi connectivity index (χ0v) is 15.3. The van der Waals surface area contributed by atoms with Gasteiger partial charge in [0.1, 0.15) is 0 Å². The van der Waals surface area contributed by atoms with Gasteiger partial charge in [-0.1, -0.05) is 24.3 Å². The number of rotatable bonds is 3. The molecule has 0 saturated heterocycles. The highest BCUT2D eigenvalue weighted by atomic mass is 35.5. The van der Waals surface area contributed by atoms with Gasteiger partial charge in [-0.2, -0.15) is 22.9 Å². The van der Waals surface area contributed by atoms with Crippen LogP contribution in [-0.4, -0.2) is 33.7 Å². The molecule has 0 amide bonds. The van der Waals surface area contributed by atoms with Crippen molar-refractivity contribution in [2.75, 3.05) is 38.0 Å². The van der Waals surface area contributed by atoms with Gasteiger partial charge in [-0.3, -0.25) is 0 Å². The van der Waals surface area contributed by atoms with Crippen LogP contribution < -0.4 is 15.3 Å². The van der Waals surface area contributed by atoms with Crippen LogP contribution in [0.4, 0.5) is 11.4 Å². The second kappa shape index (κ2) is 6.14. The van der Waals surface area contributed by atoms with Crippen molar-refractivity contribution < 1.29 is 0 Å². The van der Waals surface area contributed by atoms with Crippen LogP contribution in [0, 0.1) is 0 Å². The summed E-state index contributed by atoms with van der Waals surface area (Å²) < 4.78 is 0. The second-order valence-electron chi connectivity index (χ2n) is 6.13. The normalized spacial score (nSPS) is 11.0. The highest BCUT2D eigenvalue weighted by Gasteiger charge is 2.22. The third kappa shape index (κ3) is 2.73. The van der Waals surface area contributed by atoms with Crippen molar-refractivity contribution in [3.63, 3.8) is 0 Å². The van der Waals surface area contributed by atoms with E-state index in [0.717, 1.165) is 38.4 Å². The van der Waals surface area contributed by atoms with Crippen molar-refractivity contribution in [2.24, 2.45) is 0 Å². The van der Waals surface area contributed by atoms with Gasteiger partial charge in [-0.15, -0.1) is 0 Å². The lowest BCUT2D eigenvalue weighted by atomic mass is 9.81. The summed E-state index contributed by atoms with van der Waals surface area (Å²) in [5.74, 6) is 0. The molecule has 0 spiro atoms. The van der Waals surface area contributed by atoms with Crippen LogP contribution in [0.3, 0.4) is 0 Å². The van der Waals surface area contributed by atoms with Gasteiger partial charge in [-0.25, -0.2) is 0 Å². The molecular weight excluding hydrogens is 326 g/mol. The molecule has 2 nitrogen and oxygen atoms in total. The summed E-state index contributed by atoms with van der Waals surface area (Å²) in [5.41, 5.74) is 2.64. The maximum absolute atomic E-state index is 6.44. The van der Waals surface area contributed by atoms with E-state index in [4.69, 9.17) is 22.9 Å². The number of hydrogen-bond acceptors (Lipinski definition) is 2. The van der Waals surface area contributed by atoms with Gasteiger partial charge in [-0.05, 0) is 34.4 Å². The Labute approximate surface area is 147 Å². The fourth-order valence-electron chi connectivity index (χ4n) is 3.20. The number of hydrogen-bond donors (Lipinski definition) is 0. The van der Waals surface area contributed by atoms with Crippen molar-refractivity contribution in [1.29, 1.82) is 0 Å². The van der Waals surface area contributed by atoms with Crippen LogP contribution >= 0.6 is 22.9 Å². The molecule has 118 valence electrons. The topological polar surface area (TPSA) is 6.48 Å². The molecule has 0 aliphatic rings. The second-order valence-corrected chi connectivity index (χ2v) is 7.23. The minimum atomic E-state index is -0.594. The molecule has 0 aliphatic carbocycles. The van der Waals surface area contributed by atoms with Crippen LogP contribution in [0.2, 0.25) is 0 Å². The van der Waals surface area contributed by atoms with Gasteiger partial charge in [0.25, 0.3) is 0 Å². The molecule has 0 bridgehead atoms. The molecule has 0 saturated carbocycles. The molecule has 3 aromatic rings. The van der Waals surface area contributed by atoms with Crippen LogP contribution in [0.15, 0.2) is 42.5 Å². The van der Waals surface area contributed by atoms with Crippen molar-refractivity contribution in [3.05, 3.63) is 42.5 Å². The standard InChI is InChI=1S/C18H19BCl2N2/c1-22(2)14-9-5-7-12-11-13-8-6-10-15(23(3)4)17(13)18(16(12)14)19(20)21/h5-11H,1-4H3. The quantitative estimate of drug-likeness (QED) is 0.516. The van der Waals surface area contributed by atoms with Gasteiger partial charge in [0.05, 0.1) is 0 Å². The van der Waals surface area contributed by atoms with Crippen molar-refractivity contribution in [2.45, 2.75) is 0 Å². The molecule has 0 aromatic heterocycles. The predicted molar refractivity (Wildman–Crippen MR) is 107 cm³/mol. The van der Waals surface area contributed by atoms with Crippen molar-refractivity contribution in [1.82, 2.24) is 0 Å². The SMILES string of the molecule is CN(C)c1cccc2cc3cccc(N(C)C)c3c(B(Cl)Cl)c12. The molecule has 0 N–H and O–H groups in total. The zero-order chi connectivity index (χ0) is 16.7. The summed E-state index contributed by atoms with van der Waals surface area (Å²) in [6.45, 7) is 0. The monoisotopic (exact) mass is 344 g/mol. The van der Waals surface area contributed by atoms with E-state index in [9.17, 15) is 0 Å². The summed E-state index contributed by atoms with van der Waals surface area (Å²) in [4.78, 5) is 4.21. The summed E-state index contributed by atoms with van der Waals surface area (Å²) in [6.07, 6.45) is 0. The van der Waals surface area contributed by atoms with E-state index in [1.165, 1.54) is 0 Å². The lowest BCUT2D eigenvalue weighted by Crippen LogP contribution is -2.25. The molecular formula is C18H19BCl2N2. The van der Waals surface area contributed by atoms with Crippen LogP contribution in [-0.2, 0) is 0 Å². The zero-order valence-electron chi connectivity index (χ0n) is 13.8. The number of halogens is 2. The van der Waals surface area contributed by atoms with E-state index in [2.05, 4.69) is 52.3 Å². The van der Waals surface area contributed by atoms with Crippen molar-refractivity contribution >= 4 is 66.8 Å². The molecule has 0 fully saturated rings. The molecule has 0 aliphatic heterocycles. The fourth-order valence-corrected chi connectivity index (χ4v) is 3.64. The first-order valence-corrected chi connectivity index (χ1v) is 8.40. The molecule has 5 heteroatoms. The summed E-state index contributed by atoms with van der Waals surface area (Å²) in [7, 11) is 8.16. The Morgan fingerprint density at radius 1 is 0.739 bits per heavy atom. The Balaban J connectivity index is 2.59. The van der Waals surface area contributed by atoms with E-state index in [0.29, 0.717) is 0 Å². The van der Waals surface area contributed by atoms with Crippen LogP contribution in [0.1, 0.15) is 0 Å². The van der Waals surface area contributed by atoms with E-state index >= 15 is 0 Å². The summed E-state index contributed by atoms with van der Waals surface area (Å²) >= 11 is 12.9. The largest absolute Gasteiger partial charge is 0.384 e. The number of benzene rings is 3. The Morgan fingerprint density at radius 3 is 1.52 bits per heavy atom. The minimum absolute atomic E-state index is 0.594. The smallest absolute Gasteiger partial charge is 0.377 e. The van der Waals surface area contributed by atoms with Gasteiger partial charge in [0.2, 0.25) is 0 Å². The van der Waals surface area contributed by atoms with Crippen LogP contribution in [0.5, 0.6) is 0 Å². The third-order valence-corrected chi connectivity index (χ3v) is 4.62. The highest BCUT2D eigenvalue weighted by molar-refractivity contribution is 7.40. The van der Waals surface area contributed by atoms with Crippen molar-refractivity contribution in [3.8, 4) is 0 Å². The van der Waals surface area contributed by atoms with E-state index < -0.39 is 5.54 Å². The molecule has 3 rings (SSSR count). The maximum Gasteiger partial charge on any atom is 0.384 e. The van der Waals surface area contributed by atoms with E-state index in [1.54, 1.807) is 0 Å². The van der Waals surface area contributed by atoms with Crippen LogP contribution in [0.25, 0.3) is 21.5 Å². The molecule has 0 unspecified atom stereocenters. The fraction of sp³-hybridized carbons (Fsp3) is 0.222. The average Bonchev–Trinajstić information content (AvgIpc) is 2.50. The number of nitrogens with zero attached hydrogens (tertiary/aromatic N) is 2.